The van der Waals surface area contributed by atoms with Crippen molar-refractivity contribution >= 4 is 5.91 Å². The highest BCUT2D eigenvalue weighted by molar-refractivity contribution is 5.79. The second kappa shape index (κ2) is 9.83. The zero-order valence-electron chi connectivity index (χ0n) is 17.0. The van der Waals surface area contributed by atoms with Gasteiger partial charge in [-0.05, 0) is 18.4 Å². The summed E-state index contributed by atoms with van der Waals surface area (Å²) in [5.74, 6) is 0.326. The van der Waals surface area contributed by atoms with Crippen LogP contribution >= 0.6 is 0 Å². The Labute approximate surface area is 169 Å². The Bertz CT molecular complexity index is 612. The Kier molecular flexibility index (Phi) is 6.96. The minimum absolute atomic E-state index is 0.326. The average Bonchev–Trinajstić information content (AvgIpc) is 3.19. The quantitative estimate of drug-likeness (QED) is 0.733. The molecule has 154 valence electrons. The van der Waals surface area contributed by atoms with Crippen molar-refractivity contribution < 1.29 is 9.53 Å². The summed E-state index contributed by atoms with van der Waals surface area (Å²) in [5.41, 5.74) is 1.37. The van der Waals surface area contributed by atoms with Crippen LogP contribution in [0.4, 0.5) is 0 Å². The van der Waals surface area contributed by atoms with Gasteiger partial charge in [-0.3, -0.25) is 19.5 Å². The molecule has 3 saturated heterocycles. The molecular weight excluding hydrogens is 352 g/mol. The third-order valence-electron chi connectivity index (χ3n) is 6.34. The maximum atomic E-state index is 13.0. The first kappa shape index (κ1) is 19.8. The van der Waals surface area contributed by atoms with E-state index < -0.39 is 0 Å². The van der Waals surface area contributed by atoms with E-state index in [1.54, 1.807) is 0 Å². The normalized spacial score (nSPS) is 25.3. The smallest absolute Gasteiger partial charge is 0.237 e. The molecule has 0 N–H and O–H groups in total. The van der Waals surface area contributed by atoms with Gasteiger partial charge in [0.2, 0.25) is 5.91 Å². The SMILES string of the molecule is O=C(CN1CCN(Cc2ccccc2)CC1)N1CCC[C@H]1CN1CCOCC1. The monoisotopic (exact) mass is 386 g/mol. The van der Waals surface area contributed by atoms with Crippen LogP contribution in [0.5, 0.6) is 0 Å². The molecule has 28 heavy (non-hydrogen) atoms. The minimum atomic E-state index is 0.326. The Morgan fingerprint density at radius 1 is 0.893 bits per heavy atom. The number of ether oxygens (including phenoxy) is 1. The lowest BCUT2D eigenvalue weighted by Crippen LogP contribution is -2.52. The number of rotatable bonds is 6. The molecule has 0 saturated carbocycles. The Morgan fingerprint density at radius 3 is 2.36 bits per heavy atom. The number of carbonyl (C=O) groups excluding carboxylic acids is 1. The lowest BCUT2D eigenvalue weighted by molar-refractivity contribution is -0.134. The van der Waals surface area contributed by atoms with Gasteiger partial charge in [0, 0.05) is 64.9 Å². The first-order valence-corrected chi connectivity index (χ1v) is 10.9. The zero-order chi connectivity index (χ0) is 19.2. The van der Waals surface area contributed by atoms with Crippen LogP contribution in [0, 0.1) is 0 Å². The molecule has 3 fully saturated rings. The van der Waals surface area contributed by atoms with E-state index in [-0.39, 0.29) is 0 Å². The molecule has 6 heteroatoms. The fourth-order valence-corrected chi connectivity index (χ4v) is 4.66. The molecule has 0 aliphatic carbocycles. The number of benzene rings is 1. The van der Waals surface area contributed by atoms with Crippen LogP contribution in [0.15, 0.2) is 30.3 Å². The number of carbonyl (C=O) groups is 1. The lowest BCUT2D eigenvalue weighted by Gasteiger charge is -2.36. The minimum Gasteiger partial charge on any atom is -0.379 e. The maximum absolute atomic E-state index is 13.0. The van der Waals surface area contributed by atoms with E-state index in [4.69, 9.17) is 4.74 Å². The molecule has 0 radical (unpaired) electrons. The highest BCUT2D eigenvalue weighted by Crippen LogP contribution is 2.19. The second-order valence-corrected chi connectivity index (χ2v) is 8.33. The summed E-state index contributed by atoms with van der Waals surface area (Å²) in [4.78, 5) is 22.4. The molecule has 1 atom stereocenters. The van der Waals surface area contributed by atoms with Crippen molar-refractivity contribution in [3.63, 3.8) is 0 Å². The van der Waals surface area contributed by atoms with Gasteiger partial charge in [-0.1, -0.05) is 30.3 Å². The molecule has 1 aromatic rings. The number of hydrogen-bond acceptors (Lipinski definition) is 5. The van der Waals surface area contributed by atoms with Gasteiger partial charge in [-0.15, -0.1) is 0 Å². The first-order chi connectivity index (χ1) is 13.8. The fraction of sp³-hybridized carbons (Fsp3) is 0.682. The number of nitrogens with zero attached hydrogens (tertiary/aromatic N) is 4. The molecule has 1 amide bonds. The molecular formula is C22H34N4O2. The van der Waals surface area contributed by atoms with Crippen molar-refractivity contribution in [3.05, 3.63) is 35.9 Å². The van der Waals surface area contributed by atoms with Crippen molar-refractivity contribution in [1.82, 2.24) is 19.6 Å². The van der Waals surface area contributed by atoms with E-state index >= 15 is 0 Å². The topological polar surface area (TPSA) is 39.3 Å². The third-order valence-corrected chi connectivity index (χ3v) is 6.34. The molecule has 3 aliphatic rings. The van der Waals surface area contributed by atoms with Crippen LogP contribution in [0.1, 0.15) is 18.4 Å². The highest BCUT2D eigenvalue weighted by atomic mass is 16.5. The molecule has 0 bridgehead atoms. The molecule has 1 aromatic carbocycles. The van der Waals surface area contributed by atoms with E-state index in [1.165, 1.54) is 5.56 Å². The molecule has 0 spiro atoms. The predicted molar refractivity (Wildman–Crippen MR) is 110 cm³/mol. The van der Waals surface area contributed by atoms with Gasteiger partial charge in [0.1, 0.15) is 0 Å². The zero-order valence-corrected chi connectivity index (χ0v) is 17.0. The van der Waals surface area contributed by atoms with Gasteiger partial charge in [-0.2, -0.15) is 0 Å². The maximum Gasteiger partial charge on any atom is 0.237 e. The van der Waals surface area contributed by atoms with Crippen molar-refractivity contribution in [1.29, 1.82) is 0 Å². The number of hydrogen-bond donors (Lipinski definition) is 0. The predicted octanol–water partition coefficient (Wildman–Crippen LogP) is 1.13. The number of likely N-dealkylation sites (tertiary alicyclic amines) is 1. The van der Waals surface area contributed by atoms with Crippen molar-refractivity contribution in [2.24, 2.45) is 0 Å². The van der Waals surface area contributed by atoms with Crippen molar-refractivity contribution in [2.45, 2.75) is 25.4 Å². The van der Waals surface area contributed by atoms with Gasteiger partial charge < -0.3 is 9.64 Å². The number of morpholine rings is 1. The van der Waals surface area contributed by atoms with Crippen LogP contribution in [0.3, 0.4) is 0 Å². The summed E-state index contributed by atoms with van der Waals surface area (Å²) < 4.78 is 5.45. The summed E-state index contributed by atoms with van der Waals surface area (Å²) in [6, 6.07) is 11.1. The van der Waals surface area contributed by atoms with E-state index in [9.17, 15) is 4.79 Å². The van der Waals surface area contributed by atoms with Gasteiger partial charge in [0.15, 0.2) is 0 Å². The van der Waals surface area contributed by atoms with Crippen LogP contribution < -0.4 is 0 Å². The largest absolute Gasteiger partial charge is 0.379 e. The van der Waals surface area contributed by atoms with Gasteiger partial charge in [-0.25, -0.2) is 0 Å². The molecule has 3 aliphatic heterocycles. The first-order valence-electron chi connectivity index (χ1n) is 10.9. The lowest BCUT2D eigenvalue weighted by atomic mass is 10.2. The van der Waals surface area contributed by atoms with Crippen molar-refractivity contribution in [2.75, 3.05) is 72.1 Å². The molecule has 6 nitrogen and oxygen atoms in total. The van der Waals surface area contributed by atoms with Crippen LogP contribution in [-0.4, -0.2) is 104 Å². The third kappa shape index (κ3) is 5.32. The Balaban J connectivity index is 1.21. The molecule has 4 rings (SSSR count). The molecule has 0 unspecified atom stereocenters. The van der Waals surface area contributed by atoms with Crippen LogP contribution in [0.25, 0.3) is 0 Å². The van der Waals surface area contributed by atoms with E-state index in [2.05, 4.69) is 49.9 Å². The van der Waals surface area contributed by atoms with Gasteiger partial charge in [0.05, 0.1) is 19.8 Å². The van der Waals surface area contributed by atoms with Gasteiger partial charge in [0.25, 0.3) is 0 Å². The molecule has 0 aromatic heterocycles. The Hall–Kier alpha value is -1.47. The summed E-state index contributed by atoms with van der Waals surface area (Å²) in [7, 11) is 0. The molecule has 3 heterocycles. The van der Waals surface area contributed by atoms with Crippen LogP contribution in [-0.2, 0) is 16.1 Å². The average molecular weight is 387 g/mol. The van der Waals surface area contributed by atoms with Gasteiger partial charge >= 0.3 is 0 Å². The van der Waals surface area contributed by atoms with E-state index in [0.29, 0.717) is 18.5 Å². The summed E-state index contributed by atoms with van der Waals surface area (Å²) >= 11 is 0. The standard InChI is InChI=1S/C22H34N4O2/c27-22(26-8-4-7-21(26)18-25-13-15-28-16-14-25)19-24-11-9-23(10-12-24)17-20-5-2-1-3-6-20/h1-3,5-6,21H,4,7-19H2/t21-/m0/s1. The van der Waals surface area contributed by atoms with Crippen LogP contribution in [0.2, 0.25) is 0 Å². The second-order valence-electron chi connectivity index (χ2n) is 8.33. The summed E-state index contributed by atoms with van der Waals surface area (Å²) in [6.07, 6.45) is 2.29. The van der Waals surface area contributed by atoms with E-state index in [0.717, 1.165) is 85.0 Å². The highest BCUT2D eigenvalue weighted by Gasteiger charge is 2.31. The summed E-state index contributed by atoms with van der Waals surface area (Å²) in [5, 5.41) is 0. The number of piperazine rings is 1. The number of amides is 1. The van der Waals surface area contributed by atoms with E-state index in [1.807, 2.05) is 0 Å². The fourth-order valence-electron chi connectivity index (χ4n) is 4.66. The van der Waals surface area contributed by atoms with Crippen molar-refractivity contribution in [3.8, 4) is 0 Å². The Morgan fingerprint density at radius 2 is 1.61 bits per heavy atom. The summed E-state index contributed by atoms with van der Waals surface area (Å²) in [6.45, 7) is 11.3.